The lowest BCUT2D eigenvalue weighted by Crippen LogP contribution is -2.48. The van der Waals surface area contributed by atoms with Crippen LogP contribution in [0.3, 0.4) is 0 Å². The lowest BCUT2D eigenvalue weighted by molar-refractivity contribution is -0.384. The van der Waals surface area contributed by atoms with Gasteiger partial charge in [-0.25, -0.2) is 0 Å². The first-order chi connectivity index (χ1) is 14.6. The molecular formula is C20H24N6O4. The summed E-state index contributed by atoms with van der Waals surface area (Å²) >= 11 is 0. The molecule has 2 unspecified atom stereocenters. The molecule has 3 aliphatic rings. The SMILES string of the molecule is C[C@@H]1COCCN1c1nc(-c2ccc([N+](=O)[O-])cc2)nc(N2C3CCC2COC3)n1. The van der Waals surface area contributed by atoms with Gasteiger partial charge in [0, 0.05) is 24.2 Å². The highest BCUT2D eigenvalue weighted by Gasteiger charge is 2.39. The molecule has 0 saturated carbocycles. The van der Waals surface area contributed by atoms with Gasteiger partial charge in [-0.1, -0.05) is 0 Å². The molecule has 10 nitrogen and oxygen atoms in total. The number of morpholine rings is 2. The van der Waals surface area contributed by atoms with Gasteiger partial charge in [0.15, 0.2) is 5.82 Å². The van der Waals surface area contributed by atoms with E-state index >= 15 is 0 Å². The van der Waals surface area contributed by atoms with Crippen molar-refractivity contribution in [2.45, 2.75) is 37.9 Å². The number of nitrogens with zero attached hydrogens (tertiary/aromatic N) is 6. The number of fused-ring (bicyclic) bond motifs is 2. The van der Waals surface area contributed by atoms with Gasteiger partial charge in [-0.3, -0.25) is 10.1 Å². The molecule has 3 saturated heterocycles. The molecule has 30 heavy (non-hydrogen) atoms. The molecule has 2 aromatic rings. The van der Waals surface area contributed by atoms with Crippen LogP contribution in [0.25, 0.3) is 11.4 Å². The fourth-order valence-electron chi connectivity index (χ4n) is 4.44. The molecule has 0 aliphatic carbocycles. The Labute approximate surface area is 174 Å². The molecule has 1 aromatic heterocycles. The maximum atomic E-state index is 11.0. The van der Waals surface area contributed by atoms with Crippen LogP contribution >= 0.6 is 0 Å². The van der Waals surface area contributed by atoms with E-state index < -0.39 is 4.92 Å². The van der Waals surface area contributed by atoms with E-state index in [4.69, 9.17) is 24.4 Å². The lowest BCUT2D eigenvalue weighted by Gasteiger charge is -2.36. The van der Waals surface area contributed by atoms with E-state index in [0.717, 1.165) is 18.4 Å². The number of anilines is 2. The van der Waals surface area contributed by atoms with E-state index in [1.807, 2.05) is 0 Å². The molecule has 1 aromatic carbocycles. The summed E-state index contributed by atoms with van der Waals surface area (Å²) in [7, 11) is 0. The van der Waals surface area contributed by atoms with Crippen molar-refractivity contribution in [3.8, 4) is 11.4 Å². The number of aromatic nitrogens is 3. The zero-order valence-electron chi connectivity index (χ0n) is 16.8. The Kier molecular flexibility index (Phi) is 4.95. The number of nitro benzene ring substituents is 1. The quantitative estimate of drug-likeness (QED) is 0.551. The van der Waals surface area contributed by atoms with Gasteiger partial charge in [0.25, 0.3) is 5.69 Å². The second-order valence-corrected chi connectivity index (χ2v) is 8.01. The van der Waals surface area contributed by atoms with Crippen molar-refractivity contribution in [3.63, 3.8) is 0 Å². The zero-order valence-corrected chi connectivity index (χ0v) is 16.8. The first-order valence-electron chi connectivity index (χ1n) is 10.3. The number of hydrogen-bond acceptors (Lipinski definition) is 9. The molecule has 158 valence electrons. The maximum absolute atomic E-state index is 11.0. The number of ether oxygens (including phenoxy) is 2. The van der Waals surface area contributed by atoms with Crippen molar-refractivity contribution in [2.75, 3.05) is 42.8 Å². The first-order valence-corrected chi connectivity index (χ1v) is 10.3. The van der Waals surface area contributed by atoms with Gasteiger partial charge < -0.3 is 19.3 Å². The van der Waals surface area contributed by atoms with Gasteiger partial charge in [0.2, 0.25) is 11.9 Å². The van der Waals surface area contributed by atoms with Crippen molar-refractivity contribution in [2.24, 2.45) is 0 Å². The Morgan fingerprint density at radius 3 is 2.37 bits per heavy atom. The highest BCUT2D eigenvalue weighted by molar-refractivity contribution is 5.61. The standard InChI is InChI=1S/C20H24N6O4/c1-13-10-29-9-8-24(13)19-21-18(14-2-4-15(5-3-14)26(27)28)22-20(23-19)25-16-6-7-17(25)12-30-11-16/h2-5,13,16-17H,6-12H2,1H3/t13-,16?,17?/m1/s1. The third-order valence-corrected chi connectivity index (χ3v) is 6.04. The molecule has 2 bridgehead atoms. The lowest BCUT2D eigenvalue weighted by atomic mass is 10.2. The first kappa shape index (κ1) is 19.1. The molecule has 10 heteroatoms. The summed E-state index contributed by atoms with van der Waals surface area (Å²) in [6, 6.07) is 7.04. The van der Waals surface area contributed by atoms with Crippen molar-refractivity contribution < 1.29 is 14.4 Å². The van der Waals surface area contributed by atoms with Gasteiger partial charge in [0.1, 0.15) is 0 Å². The van der Waals surface area contributed by atoms with Crippen LogP contribution in [0, 0.1) is 10.1 Å². The number of rotatable bonds is 4. The van der Waals surface area contributed by atoms with Gasteiger partial charge in [-0.05, 0) is 31.9 Å². The van der Waals surface area contributed by atoms with Crippen molar-refractivity contribution in [3.05, 3.63) is 34.4 Å². The topological polar surface area (TPSA) is 107 Å². The van der Waals surface area contributed by atoms with E-state index in [1.54, 1.807) is 12.1 Å². The third-order valence-electron chi connectivity index (χ3n) is 6.04. The minimum absolute atomic E-state index is 0.0429. The van der Waals surface area contributed by atoms with Crippen LogP contribution in [0.5, 0.6) is 0 Å². The van der Waals surface area contributed by atoms with Crippen LogP contribution in [-0.4, -0.2) is 71.0 Å². The largest absolute Gasteiger partial charge is 0.377 e. The molecule has 0 amide bonds. The summed E-state index contributed by atoms with van der Waals surface area (Å²) in [6.45, 7) is 5.40. The fourth-order valence-corrected chi connectivity index (χ4v) is 4.44. The number of benzene rings is 1. The van der Waals surface area contributed by atoms with Crippen LogP contribution in [0.2, 0.25) is 0 Å². The van der Waals surface area contributed by atoms with E-state index in [2.05, 4.69) is 16.7 Å². The predicted octanol–water partition coefficient (Wildman–Crippen LogP) is 2.04. The normalized spacial score (nSPS) is 26.1. The average Bonchev–Trinajstić information content (AvgIpc) is 3.02. The van der Waals surface area contributed by atoms with Crippen molar-refractivity contribution in [1.82, 2.24) is 15.0 Å². The molecule has 0 spiro atoms. The summed E-state index contributed by atoms with van der Waals surface area (Å²) in [5, 5.41) is 11.0. The molecule has 0 N–H and O–H groups in total. The molecule has 0 radical (unpaired) electrons. The predicted molar refractivity (Wildman–Crippen MR) is 110 cm³/mol. The molecule has 5 rings (SSSR count). The molecule has 4 heterocycles. The highest BCUT2D eigenvalue weighted by atomic mass is 16.6. The van der Waals surface area contributed by atoms with Crippen LogP contribution < -0.4 is 9.80 Å². The van der Waals surface area contributed by atoms with E-state index in [-0.39, 0.29) is 23.8 Å². The van der Waals surface area contributed by atoms with Gasteiger partial charge >= 0.3 is 0 Å². The Bertz CT molecular complexity index is 923. The minimum Gasteiger partial charge on any atom is -0.377 e. The number of non-ortho nitro benzene ring substituents is 1. The van der Waals surface area contributed by atoms with Crippen molar-refractivity contribution >= 4 is 17.6 Å². The minimum atomic E-state index is -0.408. The smallest absolute Gasteiger partial charge is 0.269 e. The summed E-state index contributed by atoms with van der Waals surface area (Å²) in [5.74, 6) is 1.80. The van der Waals surface area contributed by atoms with Crippen LogP contribution in [-0.2, 0) is 9.47 Å². The van der Waals surface area contributed by atoms with Crippen LogP contribution in [0.1, 0.15) is 19.8 Å². The van der Waals surface area contributed by atoms with Gasteiger partial charge in [-0.15, -0.1) is 0 Å². The summed E-state index contributed by atoms with van der Waals surface area (Å²) in [6.07, 6.45) is 2.12. The Hall–Kier alpha value is -2.85. The highest BCUT2D eigenvalue weighted by Crippen LogP contribution is 2.34. The molecular weight excluding hydrogens is 388 g/mol. The van der Waals surface area contributed by atoms with Crippen molar-refractivity contribution in [1.29, 1.82) is 0 Å². The van der Waals surface area contributed by atoms with E-state index in [0.29, 0.717) is 50.7 Å². The monoisotopic (exact) mass is 412 g/mol. The van der Waals surface area contributed by atoms with E-state index in [1.165, 1.54) is 12.1 Å². The van der Waals surface area contributed by atoms with E-state index in [9.17, 15) is 10.1 Å². The van der Waals surface area contributed by atoms with Crippen LogP contribution in [0.15, 0.2) is 24.3 Å². The van der Waals surface area contributed by atoms with Gasteiger partial charge in [-0.2, -0.15) is 15.0 Å². The van der Waals surface area contributed by atoms with Crippen LogP contribution in [0.4, 0.5) is 17.6 Å². The summed E-state index contributed by atoms with van der Waals surface area (Å²) < 4.78 is 11.3. The Morgan fingerprint density at radius 1 is 1.00 bits per heavy atom. The Morgan fingerprint density at radius 2 is 1.70 bits per heavy atom. The average molecular weight is 412 g/mol. The number of hydrogen-bond donors (Lipinski definition) is 0. The zero-order chi connectivity index (χ0) is 20.7. The molecule has 3 atom stereocenters. The third kappa shape index (κ3) is 3.46. The summed E-state index contributed by atoms with van der Waals surface area (Å²) in [5.41, 5.74) is 0.772. The van der Waals surface area contributed by atoms with Gasteiger partial charge in [0.05, 0.1) is 49.5 Å². The fraction of sp³-hybridized carbons (Fsp3) is 0.550. The summed E-state index contributed by atoms with van der Waals surface area (Å²) in [4.78, 5) is 29.4. The number of nitro groups is 1. The maximum Gasteiger partial charge on any atom is 0.269 e. The molecule has 3 aliphatic heterocycles. The second-order valence-electron chi connectivity index (χ2n) is 8.01. The second kappa shape index (κ2) is 7.77. The molecule has 3 fully saturated rings. The Balaban J connectivity index is 1.57.